The van der Waals surface area contributed by atoms with Gasteiger partial charge < -0.3 is 5.73 Å². The lowest BCUT2D eigenvalue weighted by Gasteiger charge is -2.32. The molecule has 1 aromatic rings. The van der Waals surface area contributed by atoms with Crippen LogP contribution in [0.4, 0.5) is 0 Å². The van der Waals surface area contributed by atoms with Crippen molar-refractivity contribution < 1.29 is 0 Å². The molecule has 1 unspecified atom stereocenters. The van der Waals surface area contributed by atoms with E-state index < -0.39 is 0 Å². The second-order valence-corrected chi connectivity index (χ2v) is 8.41. The van der Waals surface area contributed by atoms with Crippen molar-refractivity contribution >= 4 is 0 Å². The first-order valence-electron chi connectivity index (χ1n) is 9.46. The Hall–Kier alpha value is -0.860. The molecule has 0 radical (unpaired) electrons. The van der Waals surface area contributed by atoms with E-state index in [9.17, 15) is 0 Å². The fourth-order valence-corrected chi connectivity index (χ4v) is 3.46. The SMILES string of the molecule is CCC(N)CCC1CCN(Cc2ccc(C(C)(C)C)cc2)CC1. The van der Waals surface area contributed by atoms with Crippen LogP contribution in [0.3, 0.4) is 0 Å². The number of rotatable bonds is 6. The van der Waals surface area contributed by atoms with E-state index in [1.807, 2.05) is 0 Å². The van der Waals surface area contributed by atoms with Crippen LogP contribution in [0.1, 0.15) is 70.9 Å². The van der Waals surface area contributed by atoms with Crippen LogP contribution in [-0.4, -0.2) is 24.0 Å². The Labute approximate surface area is 143 Å². The van der Waals surface area contributed by atoms with Gasteiger partial charge in [-0.3, -0.25) is 4.90 Å². The molecule has 1 aliphatic heterocycles. The second kappa shape index (κ2) is 8.30. The fraction of sp³-hybridized carbons (Fsp3) is 0.714. The highest BCUT2D eigenvalue weighted by Crippen LogP contribution is 2.25. The summed E-state index contributed by atoms with van der Waals surface area (Å²) in [4.78, 5) is 2.61. The highest BCUT2D eigenvalue weighted by molar-refractivity contribution is 5.27. The van der Waals surface area contributed by atoms with Crippen LogP contribution in [0, 0.1) is 5.92 Å². The monoisotopic (exact) mass is 316 g/mol. The first-order valence-corrected chi connectivity index (χ1v) is 9.46. The Morgan fingerprint density at radius 2 is 1.74 bits per heavy atom. The highest BCUT2D eigenvalue weighted by Gasteiger charge is 2.20. The van der Waals surface area contributed by atoms with Gasteiger partial charge in [0.25, 0.3) is 0 Å². The molecule has 2 nitrogen and oxygen atoms in total. The van der Waals surface area contributed by atoms with Crippen molar-refractivity contribution in [2.24, 2.45) is 11.7 Å². The zero-order valence-corrected chi connectivity index (χ0v) is 15.6. The lowest BCUT2D eigenvalue weighted by molar-refractivity contribution is 0.169. The molecule has 1 aliphatic rings. The molecule has 2 N–H and O–H groups in total. The maximum absolute atomic E-state index is 6.05. The zero-order chi connectivity index (χ0) is 16.9. The van der Waals surface area contributed by atoms with Gasteiger partial charge >= 0.3 is 0 Å². The topological polar surface area (TPSA) is 29.3 Å². The Balaban J connectivity index is 1.76. The van der Waals surface area contributed by atoms with E-state index in [0.29, 0.717) is 6.04 Å². The smallest absolute Gasteiger partial charge is 0.0233 e. The molecule has 1 saturated heterocycles. The van der Waals surface area contributed by atoms with E-state index in [1.54, 1.807) is 0 Å². The second-order valence-electron chi connectivity index (χ2n) is 8.41. The summed E-state index contributed by atoms with van der Waals surface area (Å²) in [5.41, 5.74) is 9.17. The van der Waals surface area contributed by atoms with Crippen LogP contribution in [0.5, 0.6) is 0 Å². The van der Waals surface area contributed by atoms with E-state index in [0.717, 1.165) is 18.9 Å². The van der Waals surface area contributed by atoms with Crippen molar-refractivity contribution in [2.45, 2.75) is 77.8 Å². The van der Waals surface area contributed by atoms with Crippen molar-refractivity contribution in [1.82, 2.24) is 4.90 Å². The Kier molecular flexibility index (Phi) is 6.67. The number of nitrogens with zero attached hydrogens (tertiary/aromatic N) is 1. The van der Waals surface area contributed by atoms with Gasteiger partial charge in [-0.2, -0.15) is 0 Å². The zero-order valence-electron chi connectivity index (χ0n) is 15.6. The lowest BCUT2D eigenvalue weighted by Crippen LogP contribution is -2.33. The van der Waals surface area contributed by atoms with Gasteiger partial charge in [0.2, 0.25) is 0 Å². The maximum atomic E-state index is 6.05. The summed E-state index contributed by atoms with van der Waals surface area (Å²) in [5, 5.41) is 0. The van der Waals surface area contributed by atoms with Crippen molar-refractivity contribution in [3.05, 3.63) is 35.4 Å². The maximum Gasteiger partial charge on any atom is 0.0233 e. The molecule has 23 heavy (non-hydrogen) atoms. The molecule has 1 heterocycles. The molecule has 0 saturated carbocycles. The number of benzene rings is 1. The van der Waals surface area contributed by atoms with Gasteiger partial charge in [-0.15, -0.1) is 0 Å². The van der Waals surface area contributed by atoms with Gasteiger partial charge in [-0.25, -0.2) is 0 Å². The molecule has 1 aromatic carbocycles. The molecule has 1 atom stereocenters. The van der Waals surface area contributed by atoms with E-state index in [-0.39, 0.29) is 5.41 Å². The Morgan fingerprint density at radius 1 is 1.13 bits per heavy atom. The number of piperidine rings is 1. The molecule has 130 valence electrons. The first-order chi connectivity index (χ1) is 10.9. The number of hydrogen-bond donors (Lipinski definition) is 1. The van der Waals surface area contributed by atoms with Crippen molar-refractivity contribution in [1.29, 1.82) is 0 Å². The van der Waals surface area contributed by atoms with Crippen molar-refractivity contribution in [3.63, 3.8) is 0 Å². The molecule has 0 amide bonds. The predicted molar refractivity (Wildman–Crippen MR) is 101 cm³/mol. The van der Waals surface area contributed by atoms with Gasteiger partial charge in [0.1, 0.15) is 0 Å². The van der Waals surface area contributed by atoms with Gasteiger partial charge in [0, 0.05) is 12.6 Å². The fourth-order valence-electron chi connectivity index (χ4n) is 3.46. The van der Waals surface area contributed by atoms with Crippen molar-refractivity contribution in [2.75, 3.05) is 13.1 Å². The standard InChI is InChI=1S/C21H36N2/c1-5-20(22)11-8-17-12-14-23(15-13-17)16-18-6-9-19(10-7-18)21(2,3)4/h6-7,9-10,17,20H,5,8,11-16,22H2,1-4H3. The minimum atomic E-state index is 0.246. The Bertz CT molecular complexity index is 450. The summed E-state index contributed by atoms with van der Waals surface area (Å²) in [7, 11) is 0. The summed E-state index contributed by atoms with van der Waals surface area (Å²) < 4.78 is 0. The van der Waals surface area contributed by atoms with Crippen LogP contribution >= 0.6 is 0 Å². The molecular formula is C21H36N2. The summed E-state index contributed by atoms with van der Waals surface area (Å²) in [5.74, 6) is 0.895. The van der Waals surface area contributed by atoms with Crippen LogP contribution in [0.2, 0.25) is 0 Å². The summed E-state index contributed by atoms with van der Waals surface area (Å²) in [6.07, 6.45) is 6.33. The van der Waals surface area contributed by atoms with Gasteiger partial charge in [0.05, 0.1) is 0 Å². The van der Waals surface area contributed by atoms with Crippen molar-refractivity contribution in [3.8, 4) is 0 Å². The average Bonchev–Trinajstić information content (AvgIpc) is 2.53. The highest BCUT2D eigenvalue weighted by atomic mass is 15.1. The minimum absolute atomic E-state index is 0.246. The quantitative estimate of drug-likeness (QED) is 0.823. The molecule has 0 spiro atoms. The molecule has 2 rings (SSSR count). The van der Waals surface area contributed by atoms with Crippen LogP contribution in [0.15, 0.2) is 24.3 Å². The van der Waals surface area contributed by atoms with E-state index in [1.165, 1.54) is 49.9 Å². The van der Waals surface area contributed by atoms with E-state index in [4.69, 9.17) is 5.73 Å². The molecular weight excluding hydrogens is 280 g/mol. The number of hydrogen-bond acceptors (Lipinski definition) is 2. The predicted octanol–water partition coefficient (Wildman–Crippen LogP) is 4.71. The normalized spacial score (nSPS) is 19.0. The minimum Gasteiger partial charge on any atom is -0.328 e. The number of nitrogens with two attached hydrogens (primary N) is 1. The molecule has 1 fully saturated rings. The first kappa shape index (κ1) is 18.5. The van der Waals surface area contributed by atoms with Gasteiger partial charge in [0.15, 0.2) is 0 Å². The third kappa shape index (κ3) is 5.93. The average molecular weight is 317 g/mol. The lowest BCUT2D eigenvalue weighted by atomic mass is 9.86. The van der Waals surface area contributed by atoms with E-state index in [2.05, 4.69) is 56.9 Å². The molecule has 0 aliphatic carbocycles. The summed E-state index contributed by atoms with van der Waals surface area (Å²) >= 11 is 0. The number of likely N-dealkylation sites (tertiary alicyclic amines) is 1. The third-order valence-corrected chi connectivity index (χ3v) is 5.40. The molecule has 0 aromatic heterocycles. The molecule has 0 bridgehead atoms. The molecule has 2 heteroatoms. The van der Waals surface area contributed by atoms with Crippen LogP contribution in [-0.2, 0) is 12.0 Å². The Morgan fingerprint density at radius 3 is 2.26 bits per heavy atom. The van der Waals surface area contributed by atoms with Gasteiger partial charge in [-0.05, 0) is 67.7 Å². The van der Waals surface area contributed by atoms with Gasteiger partial charge in [-0.1, -0.05) is 52.0 Å². The largest absolute Gasteiger partial charge is 0.328 e. The summed E-state index contributed by atoms with van der Waals surface area (Å²) in [6.45, 7) is 12.6. The summed E-state index contributed by atoms with van der Waals surface area (Å²) in [6, 6.07) is 9.64. The van der Waals surface area contributed by atoms with Crippen LogP contribution < -0.4 is 5.73 Å². The van der Waals surface area contributed by atoms with E-state index >= 15 is 0 Å². The van der Waals surface area contributed by atoms with Crippen LogP contribution in [0.25, 0.3) is 0 Å². The third-order valence-electron chi connectivity index (χ3n) is 5.40.